The van der Waals surface area contributed by atoms with Gasteiger partial charge in [0.25, 0.3) is 0 Å². The van der Waals surface area contributed by atoms with Crippen molar-refractivity contribution in [2.45, 2.75) is 19.4 Å². The minimum Gasteiger partial charge on any atom is -0.464 e. The fourth-order valence-electron chi connectivity index (χ4n) is 1.34. The Hall–Kier alpha value is -1.82. The number of aromatic nitrogens is 1. The highest BCUT2D eigenvalue weighted by molar-refractivity contribution is 5.88. The maximum atomic E-state index is 11.4. The second-order valence-corrected chi connectivity index (χ2v) is 4.63. The molecular formula is C12H19N3O3. The predicted octanol–water partition coefficient (Wildman–Crippen LogP) is 0.657. The van der Waals surface area contributed by atoms with E-state index in [1.54, 1.807) is 18.0 Å². The van der Waals surface area contributed by atoms with Crippen molar-refractivity contribution in [1.82, 2.24) is 4.98 Å². The number of methoxy groups -OCH3 is 1. The Morgan fingerprint density at radius 1 is 1.56 bits per heavy atom. The summed E-state index contributed by atoms with van der Waals surface area (Å²) < 4.78 is 4.61. The largest absolute Gasteiger partial charge is 0.464 e. The molecule has 0 bridgehead atoms. The van der Waals surface area contributed by atoms with Gasteiger partial charge < -0.3 is 20.5 Å². The topological polar surface area (TPSA) is 88.7 Å². The first-order valence-corrected chi connectivity index (χ1v) is 5.53. The summed E-state index contributed by atoms with van der Waals surface area (Å²) in [5, 5.41) is 9.34. The summed E-state index contributed by atoms with van der Waals surface area (Å²) in [6.45, 7) is 3.63. The molecule has 6 nitrogen and oxygen atoms in total. The molecule has 1 heterocycles. The third-order valence-electron chi connectivity index (χ3n) is 2.91. The number of nitrogens with two attached hydrogens (primary N) is 1. The first-order chi connectivity index (χ1) is 8.33. The van der Waals surface area contributed by atoms with Crippen LogP contribution >= 0.6 is 0 Å². The van der Waals surface area contributed by atoms with Crippen LogP contribution in [0.2, 0.25) is 0 Å². The number of esters is 1. The van der Waals surface area contributed by atoms with E-state index in [1.807, 2.05) is 13.8 Å². The van der Waals surface area contributed by atoms with Crippen LogP contribution in [0.3, 0.4) is 0 Å². The van der Waals surface area contributed by atoms with Crippen molar-refractivity contribution >= 4 is 17.5 Å². The molecule has 1 rings (SSSR count). The number of carbonyl (C=O) groups excluding carboxylic acids is 1. The normalized spacial score (nSPS) is 11.2. The van der Waals surface area contributed by atoms with Gasteiger partial charge in [-0.2, -0.15) is 0 Å². The third kappa shape index (κ3) is 2.70. The van der Waals surface area contributed by atoms with E-state index in [0.717, 1.165) is 0 Å². The zero-order chi connectivity index (χ0) is 13.9. The Morgan fingerprint density at radius 2 is 2.17 bits per heavy atom. The molecule has 0 fully saturated rings. The number of hydrogen-bond donors (Lipinski definition) is 2. The van der Waals surface area contributed by atoms with Crippen molar-refractivity contribution in [3.05, 3.63) is 17.8 Å². The Kier molecular flexibility index (Phi) is 4.13. The summed E-state index contributed by atoms with van der Waals surface area (Å²) in [7, 11) is 3.05. The Labute approximate surface area is 106 Å². The summed E-state index contributed by atoms with van der Waals surface area (Å²) in [4.78, 5) is 17.3. The molecule has 100 valence electrons. The van der Waals surface area contributed by atoms with Crippen molar-refractivity contribution in [2.24, 2.45) is 0 Å². The molecule has 6 heteroatoms. The first kappa shape index (κ1) is 14.2. The predicted molar refractivity (Wildman–Crippen MR) is 69.6 cm³/mol. The molecule has 1 aromatic rings. The molecule has 0 saturated carbocycles. The molecule has 0 aliphatic rings. The minimum absolute atomic E-state index is 0.0624. The lowest BCUT2D eigenvalue weighted by Gasteiger charge is -2.35. The fourth-order valence-corrected chi connectivity index (χ4v) is 1.34. The van der Waals surface area contributed by atoms with Gasteiger partial charge in [-0.05, 0) is 26.0 Å². The van der Waals surface area contributed by atoms with Crippen molar-refractivity contribution in [3.8, 4) is 0 Å². The van der Waals surface area contributed by atoms with Crippen LogP contribution in [0.5, 0.6) is 0 Å². The van der Waals surface area contributed by atoms with Gasteiger partial charge in [-0.15, -0.1) is 0 Å². The Morgan fingerprint density at radius 3 is 2.67 bits per heavy atom. The second-order valence-electron chi connectivity index (χ2n) is 4.63. The van der Waals surface area contributed by atoms with Gasteiger partial charge in [-0.1, -0.05) is 0 Å². The highest BCUT2D eigenvalue weighted by atomic mass is 16.5. The quantitative estimate of drug-likeness (QED) is 0.766. The monoisotopic (exact) mass is 253 g/mol. The van der Waals surface area contributed by atoms with Crippen LogP contribution in [-0.2, 0) is 4.74 Å². The van der Waals surface area contributed by atoms with Crippen LogP contribution in [0, 0.1) is 0 Å². The summed E-state index contributed by atoms with van der Waals surface area (Å²) >= 11 is 0. The maximum Gasteiger partial charge on any atom is 0.356 e. The van der Waals surface area contributed by atoms with Crippen molar-refractivity contribution < 1.29 is 14.6 Å². The lowest BCUT2D eigenvalue weighted by molar-refractivity contribution is 0.0594. The lowest BCUT2D eigenvalue weighted by atomic mass is 10.1. The average molecular weight is 253 g/mol. The number of aliphatic hydroxyl groups is 1. The summed E-state index contributed by atoms with van der Waals surface area (Å²) in [6, 6.07) is 3.10. The smallest absolute Gasteiger partial charge is 0.356 e. The van der Waals surface area contributed by atoms with Gasteiger partial charge >= 0.3 is 5.97 Å². The van der Waals surface area contributed by atoms with Crippen molar-refractivity contribution in [3.63, 3.8) is 0 Å². The molecule has 0 aromatic carbocycles. The van der Waals surface area contributed by atoms with E-state index in [-0.39, 0.29) is 12.3 Å². The van der Waals surface area contributed by atoms with Crippen LogP contribution in [0.4, 0.5) is 11.5 Å². The molecule has 0 aliphatic heterocycles. The molecular weight excluding hydrogens is 234 g/mol. The molecule has 1 aromatic heterocycles. The standard InChI is InChI=1S/C12H19N3O3/c1-12(2,7-16)15(3)10-8(13)5-6-9(14-10)11(17)18-4/h5-6,16H,7,13H2,1-4H3. The highest BCUT2D eigenvalue weighted by Gasteiger charge is 2.26. The maximum absolute atomic E-state index is 11.4. The van der Waals surface area contributed by atoms with Gasteiger partial charge in [-0.25, -0.2) is 9.78 Å². The summed E-state index contributed by atoms with van der Waals surface area (Å²) in [5.74, 6) is -0.0802. The number of hydrogen-bond acceptors (Lipinski definition) is 6. The second kappa shape index (κ2) is 5.22. The number of aliphatic hydroxyl groups excluding tert-OH is 1. The molecule has 0 radical (unpaired) electrons. The van der Waals surface area contributed by atoms with E-state index in [9.17, 15) is 9.90 Å². The summed E-state index contributed by atoms with van der Waals surface area (Å²) in [6.07, 6.45) is 0. The van der Waals surface area contributed by atoms with Crippen molar-refractivity contribution in [1.29, 1.82) is 0 Å². The van der Waals surface area contributed by atoms with Gasteiger partial charge in [0.1, 0.15) is 0 Å². The molecule has 0 aliphatic carbocycles. The summed E-state index contributed by atoms with van der Waals surface area (Å²) in [5.41, 5.74) is 5.93. The number of anilines is 2. The van der Waals surface area contributed by atoms with Gasteiger partial charge in [0.15, 0.2) is 11.5 Å². The molecule has 0 unspecified atom stereocenters. The zero-order valence-electron chi connectivity index (χ0n) is 11.1. The number of ether oxygens (including phenoxy) is 1. The molecule has 18 heavy (non-hydrogen) atoms. The van der Waals surface area contributed by atoms with Crippen molar-refractivity contribution in [2.75, 3.05) is 31.4 Å². The van der Waals surface area contributed by atoms with Crippen LogP contribution < -0.4 is 10.6 Å². The average Bonchev–Trinajstić information content (AvgIpc) is 2.37. The number of pyridine rings is 1. The van der Waals surface area contributed by atoms with E-state index in [1.165, 1.54) is 13.2 Å². The Balaban J connectivity index is 3.19. The molecule has 0 spiro atoms. The minimum atomic E-state index is -0.532. The highest BCUT2D eigenvalue weighted by Crippen LogP contribution is 2.26. The van der Waals surface area contributed by atoms with Crippen LogP contribution in [0.25, 0.3) is 0 Å². The van der Waals surface area contributed by atoms with Gasteiger partial charge in [0, 0.05) is 7.05 Å². The lowest BCUT2D eigenvalue weighted by Crippen LogP contribution is -2.45. The van der Waals surface area contributed by atoms with E-state index in [0.29, 0.717) is 11.5 Å². The van der Waals surface area contributed by atoms with Crippen LogP contribution in [0.1, 0.15) is 24.3 Å². The molecule has 0 atom stereocenters. The SMILES string of the molecule is COC(=O)c1ccc(N)c(N(C)C(C)(C)CO)n1. The number of likely N-dealkylation sites (N-methyl/N-ethyl adjacent to an activating group) is 1. The third-order valence-corrected chi connectivity index (χ3v) is 2.91. The number of rotatable bonds is 4. The Bertz CT molecular complexity index is 446. The van der Waals surface area contributed by atoms with Crippen LogP contribution in [-0.4, -0.2) is 42.4 Å². The number of carbonyl (C=O) groups is 1. The van der Waals surface area contributed by atoms with Gasteiger partial charge in [-0.3, -0.25) is 0 Å². The van der Waals surface area contributed by atoms with Gasteiger partial charge in [0.2, 0.25) is 0 Å². The van der Waals surface area contributed by atoms with E-state index in [2.05, 4.69) is 9.72 Å². The first-order valence-electron chi connectivity index (χ1n) is 5.53. The van der Waals surface area contributed by atoms with Crippen LogP contribution in [0.15, 0.2) is 12.1 Å². The zero-order valence-corrected chi connectivity index (χ0v) is 11.1. The number of nitrogen functional groups attached to an aromatic ring is 1. The number of nitrogens with zero attached hydrogens (tertiary/aromatic N) is 2. The van der Waals surface area contributed by atoms with E-state index >= 15 is 0 Å². The van der Waals surface area contributed by atoms with E-state index < -0.39 is 11.5 Å². The molecule has 0 saturated heterocycles. The molecule has 0 amide bonds. The van der Waals surface area contributed by atoms with E-state index in [4.69, 9.17) is 5.73 Å². The van der Waals surface area contributed by atoms with Gasteiger partial charge in [0.05, 0.1) is 24.9 Å². The fraction of sp³-hybridized carbons (Fsp3) is 0.500. The molecule has 3 N–H and O–H groups in total.